The van der Waals surface area contributed by atoms with E-state index in [2.05, 4.69) is 0 Å². The Balaban J connectivity index is 2.43. The molecule has 16 heavy (non-hydrogen) atoms. The zero-order valence-electron chi connectivity index (χ0n) is 9.38. The lowest BCUT2D eigenvalue weighted by molar-refractivity contribution is 0.190. The van der Waals surface area contributed by atoms with E-state index in [0.29, 0.717) is 10.0 Å². The summed E-state index contributed by atoms with van der Waals surface area (Å²) in [6.45, 7) is 0.759. The Bertz CT molecular complexity index is 331. The van der Waals surface area contributed by atoms with Crippen LogP contribution in [0.5, 0.6) is 0 Å². The van der Waals surface area contributed by atoms with E-state index in [-0.39, 0.29) is 6.04 Å². The van der Waals surface area contributed by atoms with Gasteiger partial charge in [0, 0.05) is 19.8 Å². The van der Waals surface area contributed by atoms with Gasteiger partial charge in [-0.2, -0.15) is 0 Å². The molecule has 2 nitrogen and oxygen atoms in total. The van der Waals surface area contributed by atoms with Gasteiger partial charge in [-0.3, -0.25) is 0 Å². The normalized spacial score (nSPS) is 12.8. The van der Waals surface area contributed by atoms with E-state index in [1.165, 1.54) is 0 Å². The van der Waals surface area contributed by atoms with Crippen molar-refractivity contribution in [3.8, 4) is 0 Å². The quantitative estimate of drug-likeness (QED) is 0.798. The summed E-state index contributed by atoms with van der Waals surface area (Å²) in [5, 5.41) is 1.17. The van der Waals surface area contributed by atoms with Crippen LogP contribution in [-0.4, -0.2) is 19.8 Å². The third kappa shape index (κ3) is 4.71. The van der Waals surface area contributed by atoms with E-state index in [9.17, 15) is 0 Å². The van der Waals surface area contributed by atoms with Crippen molar-refractivity contribution in [2.24, 2.45) is 5.73 Å². The molecule has 4 heteroatoms. The molecule has 0 saturated heterocycles. The van der Waals surface area contributed by atoms with Crippen LogP contribution in [0.15, 0.2) is 18.2 Å². The Morgan fingerprint density at radius 3 is 2.69 bits per heavy atom. The van der Waals surface area contributed by atoms with Crippen molar-refractivity contribution in [3.05, 3.63) is 33.8 Å². The standard InChI is InChI=1S/C12H17Cl2NO/c1-16-6-2-3-10(15)7-9-4-5-11(13)12(14)8-9/h4-5,8,10H,2-3,6-7,15H2,1H3. The number of rotatable bonds is 6. The Morgan fingerprint density at radius 2 is 2.06 bits per heavy atom. The molecule has 0 radical (unpaired) electrons. The molecule has 0 aliphatic rings. The molecule has 0 bridgehead atoms. The van der Waals surface area contributed by atoms with Crippen LogP contribution in [0.1, 0.15) is 18.4 Å². The molecular formula is C12H17Cl2NO. The van der Waals surface area contributed by atoms with Gasteiger partial charge < -0.3 is 10.5 Å². The summed E-state index contributed by atoms with van der Waals surface area (Å²) < 4.78 is 4.98. The third-order valence-corrected chi connectivity index (χ3v) is 3.14. The van der Waals surface area contributed by atoms with Gasteiger partial charge in [-0.05, 0) is 37.0 Å². The summed E-state index contributed by atoms with van der Waals surface area (Å²) in [7, 11) is 1.70. The molecule has 2 N–H and O–H groups in total. The van der Waals surface area contributed by atoms with Gasteiger partial charge >= 0.3 is 0 Å². The van der Waals surface area contributed by atoms with Gasteiger partial charge in [-0.1, -0.05) is 29.3 Å². The number of nitrogens with two attached hydrogens (primary N) is 1. The van der Waals surface area contributed by atoms with Crippen LogP contribution in [0.4, 0.5) is 0 Å². The van der Waals surface area contributed by atoms with E-state index in [0.717, 1.165) is 31.4 Å². The highest BCUT2D eigenvalue weighted by molar-refractivity contribution is 6.42. The largest absolute Gasteiger partial charge is 0.385 e. The second-order valence-corrected chi connectivity index (χ2v) is 4.66. The highest BCUT2D eigenvalue weighted by Crippen LogP contribution is 2.23. The maximum absolute atomic E-state index is 6.00. The van der Waals surface area contributed by atoms with Crippen LogP contribution in [0.25, 0.3) is 0 Å². The first kappa shape index (κ1) is 13.8. The van der Waals surface area contributed by atoms with Gasteiger partial charge in [0.1, 0.15) is 0 Å². The van der Waals surface area contributed by atoms with Crippen molar-refractivity contribution in [1.82, 2.24) is 0 Å². The molecule has 0 heterocycles. The van der Waals surface area contributed by atoms with E-state index in [1.807, 2.05) is 12.1 Å². The smallest absolute Gasteiger partial charge is 0.0595 e. The molecule has 0 saturated carbocycles. The number of hydrogen-bond acceptors (Lipinski definition) is 2. The second kappa shape index (κ2) is 7.13. The number of hydrogen-bond donors (Lipinski definition) is 1. The zero-order valence-corrected chi connectivity index (χ0v) is 10.9. The lowest BCUT2D eigenvalue weighted by Crippen LogP contribution is -2.23. The minimum Gasteiger partial charge on any atom is -0.385 e. The van der Waals surface area contributed by atoms with E-state index >= 15 is 0 Å². The lowest BCUT2D eigenvalue weighted by Gasteiger charge is -2.11. The van der Waals surface area contributed by atoms with Crippen molar-refractivity contribution in [3.63, 3.8) is 0 Å². The Hall–Kier alpha value is -0.280. The van der Waals surface area contributed by atoms with Crippen molar-refractivity contribution in [1.29, 1.82) is 0 Å². The van der Waals surface area contributed by atoms with Gasteiger partial charge in [0.05, 0.1) is 10.0 Å². The third-order valence-electron chi connectivity index (χ3n) is 2.41. The molecule has 0 aromatic heterocycles. The van der Waals surface area contributed by atoms with Crippen molar-refractivity contribution in [2.45, 2.75) is 25.3 Å². The average molecular weight is 262 g/mol. The fourth-order valence-corrected chi connectivity index (χ4v) is 1.88. The van der Waals surface area contributed by atoms with Gasteiger partial charge in [0.15, 0.2) is 0 Å². The summed E-state index contributed by atoms with van der Waals surface area (Å²) in [6.07, 6.45) is 2.76. The highest BCUT2D eigenvalue weighted by atomic mass is 35.5. The zero-order chi connectivity index (χ0) is 12.0. The minimum atomic E-state index is 0.146. The van der Waals surface area contributed by atoms with E-state index in [1.54, 1.807) is 13.2 Å². The number of halogens is 2. The fourth-order valence-electron chi connectivity index (χ4n) is 1.56. The topological polar surface area (TPSA) is 35.2 Å². The lowest BCUT2D eigenvalue weighted by atomic mass is 10.0. The van der Waals surface area contributed by atoms with Crippen LogP contribution in [0.3, 0.4) is 0 Å². The molecule has 1 rings (SSSR count). The number of methoxy groups -OCH3 is 1. The molecule has 1 atom stereocenters. The summed E-state index contributed by atoms with van der Waals surface area (Å²) in [4.78, 5) is 0. The van der Waals surface area contributed by atoms with Gasteiger partial charge in [0.25, 0.3) is 0 Å². The van der Waals surface area contributed by atoms with Gasteiger partial charge in [0.2, 0.25) is 0 Å². The van der Waals surface area contributed by atoms with Crippen LogP contribution in [0.2, 0.25) is 10.0 Å². The molecule has 0 fully saturated rings. The van der Waals surface area contributed by atoms with Gasteiger partial charge in [-0.25, -0.2) is 0 Å². The summed E-state index contributed by atoms with van der Waals surface area (Å²) >= 11 is 11.8. The van der Waals surface area contributed by atoms with Crippen molar-refractivity contribution in [2.75, 3.05) is 13.7 Å². The van der Waals surface area contributed by atoms with Gasteiger partial charge in [-0.15, -0.1) is 0 Å². The van der Waals surface area contributed by atoms with Crippen LogP contribution < -0.4 is 5.73 Å². The molecule has 1 unspecified atom stereocenters. The molecule has 0 spiro atoms. The molecule has 0 amide bonds. The first-order chi connectivity index (χ1) is 7.63. The Morgan fingerprint density at radius 1 is 1.31 bits per heavy atom. The predicted molar refractivity (Wildman–Crippen MR) is 69.3 cm³/mol. The highest BCUT2D eigenvalue weighted by Gasteiger charge is 2.05. The first-order valence-corrected chi connectivity index (χ1v) is 6.07. The summed E-state index contributed by atoms with van der Waals surface area (Å²) in [5.74, 6) is 0. The number of benzene rings is 1. The molecular weight excluding hydrogens is 245 g/mol. The van der Waals surface area contributed by atoms with E-state index < -0.39 is 0 Å². The van der Waals surface area contributed by atoms with Crippen molar-refractivity contribution >= 4 is 23.2 Å². The fraction of sp³-hybridized carbons (Fsp3) is 0.500. The molecule has 0 aliphatic heterocycles. The minimum absolute atomic E-state index is 0.146. The number of ether oxygens (including phenoxy) is 1. The Kier molecular flexibility index (Phi) is 6.14. The monoisotopic (exact) mass is 261 g/mol. The molecule has 1 aromatic rings. The average Bonchev–Trinajstić information content (AvgIpc) is 2.24. The molecule has 0 aliphatic carbocycles. The second-order valence-electron chi connectivity index (χ2n) is 3.85. The molecule has 90 valence electrons. The molecule has 1 aromatic carbocycles. The van der Waals surface area contributed by atoms with Crippen molar-refractivity contribution < 1.29 is 4.74 Å². The SMILES string of the molecule is COCCCC(N)Cc1ccc(Cl)c(Cl)c1. The van der Waals surface area contributed by atoms with Crippen LogP contribution >= 0.6 is 23.2 Å². The summed E-state index contributed by atoms with van der Waals surface area (Å²) in [6, 6.07) is 5.79. The first-order valence-electron chi connectivity index (χ1n) is 5.32. The maximum atomic E-state index is 6.00. The summed E-state index contributed by atoms with van der Waals surface area (Å²) in [5.41, 5.74) is 7.13. The van der Waals surface area contributed by atoms with Crippen LogP contribution in [0, 0.1) is 0 Å². The Labute approximate surface area is 107 Å². The maximum Gasteiger partial charge on any atom is 0.0595 e. The predicted octanol–water partition coefficient (Wildman–Crippen LogP) is 3.29. The van der Waals surface area contributed by atoms with E-state index in [4.69, 9.17) is 33.7 Å². The van der Waals surface area contributed by atoms with Crippen LogP contribution in [-0.2, 0) is 11.2 Å².